The molecule has 0 saturated heterocycles. The van der Waals surface area contributed by atoms with Crippen LogP contribution in [0.25, 0.3) is 6.08 Å². The van der Waals surface area contributed by atoms with Crippen molar-refractivity contribution in [3.8, 4) is 0 Å². The van der Waals surface area contributed by atoms with Gasteiger partial charge in [0, 0.05) is 29.8 Å². The summed E-state index contributed by atoms with van der Waals surface area (Å²) in [7, 11) is -3.33. The number of pyridine rings is 1. The van der Waals surface area contributed by atoms with Crippen molar-refractivity contribution in [1.29, 1.82) is 0 Å². The van der Waals surface area contributed by atoms with E-state index in [9.17, 15) is 13.2 Å². The van der Waals surface area contributed by atoms with Gasteiger partial charge in [0.15, 0.2) is 15.6 Å². The fraction of sp³-hybridized carbons (Fsp3) is 0.0667. The number of nitrogens with zero attached hydrogens (tertiary/aromatic N) is 1. The molecule has 3 rings (SSSR count). The minimum Gasteiger partial charge on any atom is -0.294 e. The predicted octanol–water partition coefficient (Wildman–Crippen LogP) is 2.27. The fourth-order valence-electron chi connectivity index (χ4n) is 2.13. The molecular weight excluding hydrogens is 274 g/mol. The van der Waals surface area contributed by atoms with E-state index in [4.69, 9.17) is 0 Å². The van der Waals surface area contributed by atoms with E-state index in [1.54, 1.807) is 48.8 Å². The van der Waals surface area contributed by atoms with Crippen molar-refractivity contribution in [3.05, 3.63) is 64.8 Å². The first-order chi connectivity index (χ1) is 9.56. The first-order valence-corrected chi connectivity index (χ1v) is 7.60. The highest BCUT2D eigenvalue weighted by Crippen LogP contribution is 2.27. The standard InChI is InChI=1S/C15H11NO3S/c17-14(12-3-6-16-7-4-12)9-11-1-2-13-5-8-20(18,19)15(13)10-11/h1-8,10H,9H2. The molecule has 0 saturated carbocycles. The second kappa shape index (κ2) is 4.68. The Morgan fingerprint density at radius 1 is 1.10 bits per heavy atom. The van der Waals surface area contributed by atoms with Gasteiger partial charge in [0.25, 0.3) is 0 Å². The number of aromatic nitrogens is 1. The Balaban J connectivity index is 1.89. The third kappa shape index (κ3) is 2.28. The van der Waals surface area contributed by atoms with E-state index in [-0.39, 0.29) is 17.1 Å². The molecule has 5 heteroatoms. The van der Waals surface area contributed by atoms with E-state index in [2.05, 4.69) is 4.98 Å². The molecule has 0 amide bonds. The van der Waals surface area contributed by atoms with Crippen molar-refractivity contribution in [1.82, 2.24) is 4.98 Å². The highest BCUT2D eigenvalue weighted by molar-refractivity contribution is 7.94. The topological polar surface area (TPSA) is 64.1 Å². The van der Waals surface area contributed by atoms with Crippen LogP contribution in [0.5, 0.6) is 0 Å². The smallest absolute Gasteiger partial charge is 0.200 e. The average molecular weight is 285 g/mol. The summed E-state index contributed by atoms with van der Waals surface area (Å²) in [5.41, 5.74) is 1.93. The lowest BCUT2D eigenvalue weighted by molar-refractivity contribution is 0.0993. The average Bonchev–Trinajstić information content (AvgIpc) is 2.75. The number of hydrogen-bond donors (Lipinski definition) is 0. The van der Waals surface area contributed by atoms with E-state index >= 15 is 0 Å². The lowest BCUT2D eigenvalue weighted by Gasteiger charge is -2.04. The molecule has 4 nitrogen and oxygen atoms in total. The molecule has 2 aromatic rings. The van der Waals surface area contributed by atoms with Gasteiger partial charge < -0.3 is 0 Å². The van der Waals surface area contributed by atoms with E-state index < -0.39 is 9.84 Å². The van der Waals surface area contributed by atoms with Gasteiger partial charge >= 0.3 is 0 Å². The third-order valence-electron chi connectivity index (χ3n) is 3.18. The molecule has 20 heavy (non-hydrogen) atoms. The number of fused-ring (bicyclic) bond motifs is 1. The largest absolute Gasteiger partial charge is 0.294 e. The van der Waals surface area contributed by atoms with Crippen LogP contribution in [-0.4, -0.2) is 19.2 Å². The van der Waals surface area contributed by atoms with Gasteiger partial charge in [-0.3, -0.25) is 9.78 Å². The zero-order chi connectivity index (χ0) is 14.2. The van der Waals surface area contributed by atoms with Crippen LogP contribution in [0.2, 0.25) is 0 Å². The molecule has 0 N–H and O–H groups in total. The second-order valence-electron chi connectivity index (χ2n) is 4.56. The van der Waals surface area contributed by atoms with Crippen molar-refractivity contribution in [2.24, 2.45) is 0 Å². The van der Waals surface area contributed by atoms with Crippen LogP contribution in [0.15, 0.2) is 53.0 Å². The zero-order valence-corrected chi connectivity index (χ0v) is 11.3. The summed E-state index contributed by atoms with van der Waals surface area (Å²) in [4.78, 5) is 16.2. The van der Waals surface area contributed by atoms with Gasteiger partial charge in [0.05, 0.1) is 4.90 Å². The Hall–Kier alpha value is -2.27. The first kappa shape index (κ1) is 12.7. The number of carbonyl (C=O) groups excluding carboxylic acids is 1. The van der Waals surface area contributed by atoms with Crippen molar-refractivity contribution >= 4 is 21.7 Å². The summed E-state index contributed by atoms with van der Waals surface area (Å²) in [6.45, 7) is 0. The number of rotatable bonds is 3. The van der Waals surface area contributed by atoms with Gasteiger partial charge in [0.2, 0.25) is 0 Å². The highest BCUT2D eigenvalue weighted by atomic mass is 32.2. The monoisotopic (exact) mass is 285 g/mol. The van der Waals surface area contributed by atoms with Crippen LogP contribution in [-0.2, 0) is 16.3 Å². The van der Waals surface area contributed by atoms with Gasteiger partial charge in [-0.1, -0.05) is 12.1 Å². The summed E-state index contributed by atoms with van der Waals surface area (Å²) in [5.74, 6) is -0.0595. The van der Waals surface area contributed by atoms with Gasteiger partial charge in [-0.25, -0.2) is 8.42 Å². The van der Waals surface area contributed by atoms with Crippen LogP contribution in [0, 0.1) is 0 Å². The van der Waals surface area contributed by atoms with Crippen molar-refractivity contribution in [2.45, 2.75) is 11.3 Å². The molecular formula is C15H11NO3S. The minimum absolute atomic E-state index is 0.0595. The first-order valence-electron chi connectivity index (χ1n) is 6.05. The van der Waals surface area contributed by atoms with Crippen LogP contribution < -0.4 is 0 Å². The highest BCUT2D eigenvalue weighted by Gasteiger charge is 2.21. The Morgan fingerprint density at radius 3 is 2.60 bits per heavy atom. The number of Topliss-reactive ketones (excluding diaryl/α,β-unsaturated/α-hetero) is 1. The molecule has 1 aliphatic rings. The number of benzene rings is 1. The molecule has 0 aliphatic carbocycles. The fourth-order valence-corrected chi connectivity index (χ4v) is 3.39. The van der Waals surface area contributed by atoms with Gasteiger partial charge in [-0.2, -0.15) is 0 Å². The second-order valence-corrected chi connectivity index (χ2v) is 6.36. The van der Waals surface area contributed by atoms with Crippen LogP contribution in [0.4, 0.5) is 0 Å². The van der Waals surface area contributed by atoms with Gasteiger partial charge in [0.1, 0.15) is 0 Å². The van der Waals surface area contributed by atoms with Crippen LogP contribution in [0.1, 0.15) is 21.5 Å². The molecule has 0 bridgehead atoms. The summed E-state index contributed by atoms with van der Waals surface area (Å²) < 4.78 is 23.6. The maximum atomic E-state index is 12.1. The molecule has 0 atom stereocenters. The maximum absolute atomic E-state index is 12.1. The van der Waals surface area contributed by atoms with Gasteiger partial charge in [-0.05, 0) is 35.4 Å². The van der Waals surface area contributed by atoms with E-state index in [1.807, 2.05) is 0 Å². The summed E-state index contributed by atoms with van der Waals surface area (Å²) >= 11 is 0. The van der Waals surface area contributed by atoms with Crippen LogP contribution >= 0.6 is 0 Å². The molecule has 0 unspecified atom stereocenters. The number of hydrogen-bond acceptors (Lipinski definition) is 4. The van der Waals surface area contributed by atoms with Crippen molar-refractivity contribution < 1.29 is 13.2 Å². The van der Waals surface area contributed by atoms with E-state index in [1.165, 1.54) is 5.41 Å². The van der Waals surface area contributed by atoms with Crippen molar-refractivity contribution in [3.63, 3.8) is 0 Å². The molecule has 0 radical (unpaired) electrons. The van der Waals surface area contributed by atoms with Gasteiger partial charge in [-0.15, -0.1) is 0 Å². The lowest BCUT2D eigenvalue weighted by atomic mass is 10.0. The predicted molar refractivity (Wildman–Crippen MR) is 74.9 cm³/mol. The molecule has 100 valence electrons. The molecule has 1 aromatic carbocycles. The summed E-state index contributed by atoms with van der Waals surface area (Å²) in [6, 6.07) is 8.38. The zero-order valence-electron chi connectivity index (χ0n) is 10.5. The number of sulfone groups is 1. The number of ketones is 1. The Morgan fingerprint density at radius 2 is 1.85 bits per heavy atom. The molecule has 1 aromatic heterocycles. The Bertz CT molecular complexity index is 808. The van der Waals surface area contributed by atoms with Crippen LogP contribution in [0.3, 0.4) is 0 Å². The molecule has 2 heterocycles. The summed E-state index contributed by atoms with van der Waals surface area (Å²) in [5, 5.41) is 1.19. The quantitative estimate of drug-likeness (QED) is 0.811. The Labute approximate surface area is 116 Å². The van der Waals surface area contributed by atoms with E-state index in [0.29, 0.717) is 16.7 Å². The molecule has 0 fully saturated rings. The molecule has 1 aliphatic heterocycles. The third-order valence-corrected chi connectivity index (χ3v) is 4.64. The minimum atomic E-state index is -3.33. The number of carbonyl (C=O) groups is 1. The normalized spacial score (nSPS) is 15.0. The summed E-state index contributed by atoms with van der Waals surface area (Å²) in [6.07, 6.45) is 4.86. The molecule has 0 spiro atoms. The van der Waals surface area contributed by atoms with E-state index in [0.717, 1.165) is 0 Å². The maximum Gasteiger partial charge on any atom is 0.200 e. The Kier molecular flexibility index (Phi) is 2.99. The van der Waals surface area contributed by atoms with Crippen molar-refractivity contribution in [2.75, 3.05) is 0 Å². The SMILES string of the molecule is O=C(Cc1ccc2c(c1)S(=O)(=O)C=C2)c1ccncc1. The lowest BCUT2D eigenvalue weighted by Crippen LogP contribution is -2.04.